The summed E-state index contributed by atoms with van der Waals surface area (Å²) in [4.78, 5) is 22.5. The summed E-state index contributed by atoms with van der Waals surface area (Å²) in [6, 6.07) is 1.71. The Morgan fingerprint density at radius 1 is 1.44 bits per heavy atom. The van der Waals surface area contributed by atoms with Crippen LogP contribution < -0.4 is 11.1 Å². The molecule has 90 valence electrons. The lowest BCUT2D eigenvalue weighted by Crippen LogP contribution is -2.44. The number of amides is 2. The standard InChI is InChI=1S/C11H19N3O2/c1-4-11(5-2,7-12)10(16)14-8(3)6-9(13)15/h8H,4-6H2,1-3H3,(H2,13,15)(H,14,16). The van der Waals surface area contributed by atoms with Gasteiger partial charge < -0.3 is 11.1 Å². The summed E-state index contributed by atoms with van der Waals surface area (Å²) in [5, 5.41) is 11.7. The van der Waals surface area contributed by atoms with Crippen LogP contribution in [0, 0.1) is 16.7 Å². The Morgan fingerprint density at radius 2 is 1.94 bits per heavy atom. The van der Waals surface area contributed by atoms with E-state index in [0.29, 0.717) is 12.8 Å². The molecule has 0 heterocycles. The van der Waals surface area contributed by atoms with Crippen molar-refractivity contribution in [3.63, 3.8) is 0 Å². The lowest BCUT2D eigenvalue weighted by atomic mass is 9.83. The average molecular weight is 225 g/mol. The van der Waals surface area contributed by atoms with E-state index in [-0.39, 0.29) is 18.4 Å². The van der Waals surface area contributed by atoms with Gasteiger partial charge in [0.05, 0.1) is 6.07 Å². The lowest BCUT2D eigenvalue weighted by Gasteiger charge is -2.24. The molecular weight excluding hydrogens is 206 g/mol. The van der Waals surface area contributed by atoms with Gasteiger partial charge in [0.1, 0.15) is 5.41 Å². The fourth-order valence-electron chi connectivity index (χ4n) is 1.49. The zero-order chi connectivity index (χ0) is 12.8. The number of rotatable bonds is 6. The van der Waals surface area contributed by atoms with E-state index in [9.17, 15) is 9.59 Å². The van der Waals surface area contributed by atoms with E-state index in [1.165, 1.54) is 0 Å². The molecule has 5 heteroatoms. The van der Waals surface area contributed by atoms with Gasteiger partial charge in [0, 0.05) is 12.5 Å². The largest absolute Gasteiger partial charge is 0.370 e. The Kier molecular flexibility index (Phi) is 5.51. The maximum Gasteiger partial charge on any atom is 0.240 e. The Hall–Kier alpha value is -1.57. The number of carbonyl (C=O) groups excluding carboxylic acids is 2. The number of nitrogens with zero attached hydrogens (tertiary/aromatic N) is 1. The topological polar surface area (TPSA) is 96.0 Å². The van der Waals surface area contributed by atoms with Crippen LogP contribution in [0.15, 0.2) is 0 Å². The average Bonchev–Trinajstić information content (AvgIpc) is 2.19. The van der Waals surface area contributed by atoms with Crippen LogP contribution in [0.25, 0.3) is 0 Å². The van der Waals surface area contributed by atoms with Crippen LogP contribution in [-0.4, -0.2) is 17.9 Å². The van der Waals surface area contributed by atoms with Gasteiger partial charge in [-0.15, -0.1) is 0 Å². The third-order valence-corrected chi connectivity index (χ3v) is 2.74. The number of nitriles is 1. The molecule has 0 aliphatic heterocycles. The number of hydrogen-bond acceptors (Lipinski definition) is 3. The molecule has 0 aliphatic carbocycles. The van der Waals surface area contributed by atoms with Crippen molar-refractivity contribution in [1.82, 2.24) is 5.32 Å². The van der Waals surface area contributed by atoms with E-state index in [4.69, 9.17) is 11.0 Å². The second kappa shape index (κ2) is 6.11. The molecule has 0 saturated carbocycles. The molecule has 5 nitrogen and oxygen atoms in total. The van der Waals surface area contributed by atoms with Crippen molar-refractivity contribution in [1.29, 1.82) is 5.26 Å². The van der Waals surface area contributed by atoms with E-state index < -0.39 is 11.3 Å². The molecule has 0 radical (unpaired) electrons. The van der Waals surface area contributed by atoms with Crippen LogP contribution in [0.5, 0.6) is 0 Å². The normalized spacial score (nSPS) is 12.6. The van der Waals surface area contributed by atoms with Crippen LogP contribution in [0.3, 0.4) is 0 Å². The lowest BCUT2D eigenvalue weighted by molar-refractivity contribution is -0.129. The van der Waals surface area contributed by atoms with E-state index in [2.05, 4.69) is 5.32 Å². The third kappa shape index (κ3) is 3.54. The van der Waals surface area contributed by atoms with Crippen LogP contribution >= 0.6 is 0 Å². The smallest absolute Gasteiger partial charge is 0.240 e. The van der Waals surface area contributed by atoms with E-state index >= 15 is 0 Å². The third-order valence-electron chi connectivity index (χ3n) is 2.74. The number of primary amides is 1. The van der Waals surface area contributed by atoms with Gasteiger partial charge in [0.25, 0.3) is 0 Å². The second-order valence-electron chi connectivity index (χ2n) is 3.95. The molecule has 3 N–H and O–H groups in total. The molecule has 0 bridgehead atoms. The van der Waals surface area contributed by atoms with Crippen molar-refractivity contribution in [2.75, 3.05) is 0 Å². The molecule has 16 heavy (non-hydrogen) atoms. The molecule has 2 amide bonds. The first-order valence-corrected chi connectivity index (χ1v) is 5.42. The molecule has 0 rings (SSSR count). The maximum atomic E-state index is 11.9. The summed E-state index contributed by atoms with van der Waals surface area (Å²) in [6.45, 7) is 5.28. The fraction of sp³-hybridized carbons (Fsp3) is 0.727. The Labute approximate surface area is 96.0 Å². The maximum absolute atomic E-state index is 11.9. The van der Waals surface area contributed by atoms with E-state index in [1.807, 2.05) is 6.07 Å². The second-order valence-corrected chi connectivity index (χ2v) is 3.95. The highest BCUT2D eigenvalue weighted by atomic mass is 16.2. The van der Waals surface area contributed by atoms with Crippen molar-refractivity contribution < 1.29 is 9.59 Å². The molecule has 0 fully saturated rings. The van der Waals surface area contributed by atoms with Gasteiger partial charge in [-0.25, -0.2) is 0 Å². The van der Waals surface area contributed by atoms with Crippen molar-refractivity contribution in [3.05, 3.63) is 0 Å². The number of nitrogens with two attached hydrogens (primary N) is 1. The minimum Gasteiger partial charge on any atom is -0.370 e. The summed E-state index contributed by atoms with van der Waals surface area (Å²) >= 11 is 0. The molecule has 0 saturated heterocycles. The van der Waals surface area contributed by atoms with Crippen molar-refractivity contribution in [3.8, 4) is 6.07 Å². The predicted molar refractivity (Wildman–Crippen MR) is 60.0 cm³/mol. The zero-order valence-corrected chi connectivity index (χ0v) is 10.0. The van der Waals surface area contributed by atoms with Gasteiger partial charge in [-0.2, -0.15) is 5.26 Å². The first-order valence-electron chi connectivity index (χ1n) is 5.42. The molecule has 1 atom stereocenters. The van der Waals surface area contributed by atoms with E-state index in [0.717, 1.165) is 0 Å². The summed E-state index contributed by atoms with van der Waals surface area (Å²) in [6.07, 6.45) is 0.991. The van der Waals surface area contributed by atoms with Crippen molar-refractivity contribution in [2.45, 2.75) is 46.1 Å². The van der Waals surface area contributed by atoms with Gasteiger partial charge in [0.2, 0.25) is 11.8 Å². The highest BCUT2D eigenvalue weighted by Gasteiger charge is 2.35. The first-order chi connectivity index (χ1) is 7.41. The summed E-state index contributed by atoms with van der Waals surface area (Å²) in [7, 11) is 0. The molecule has 1 unspecified atom stereocenters. The number of hydrogen-bond donors (Lipinski definition) is 2. The van der Waals surface area contributed by atoms with Gasteiger partial charge in [-0.1, -0.05) is 13.8 Å². The molecule has 0 aliphatic rings. The predicted octanol–water partition coefficient (Wildman–Crippen LogP) is 0.696. The minimum atomic E-state index is -0.994. The summed E-state index contributed by atoms with van der Waals surface area (Å²) in [5.74, 6) is -0.794. The van der Waals surface area contributed by atoms with Crippen LogP contribution in [-0.2, 0) is 9.59 Å². The molecule has 0 aromatic carbocycles. The minimum absolute atomic E-state index is 0.0840. The number of nitrogens with one attached hydrogen (secondary N) is 1. The molecule has 0 aromatic rings. The summed E-state index contributed by atoms with van der Waals surface area (Å²) in [5.41, 5.74) is 4.03. The highest BCUT2D eigenvalue weighted by molar-refractivity contribution is 5.86. The Morgan fingerprint density at radius 3 is 2.25 bits per heavy atom. The summed E-state index contributed by atoms with van der Waals surface area (Å²) < 4.78 is 0. The van der Waals surface area contributed by atoms with Crippen molar-refractivity contribution >= 4 is 11.8 Å². The fourth-order valence-corrected chi connectivity index (χ4v) is 1.49. The number of carbonyl (C=O) groups is 2. The van der Waals surface area contributed by atoms with Crippen LogP contribution in [0.2, 0.25) is 0 Å². The van der Waals surface area contributed by atoms with Gasteiger partial charge >= 0.3 is 0 Å². The van der Waals surface area contributed by atoms with Gasteiger partial charge in [-0.05, 0) is 19.8 Å². The molecular formula is C11H19N3O2. The monoisotopic (exact) mass is 225 g/mol. The first kappa shape index (κ1) is 14.4. The molecule has 0 aromatic heterocycles. The SMILES string of the molecule is CCC(C#N)(CC)C(=O)NC(C)CC(N)=O. The zero-order valence-electron chi connectivity index (χ0n) is 10.0. The van der Waals surface area contributed by atoms with E-state index in [1.54, 1.807) is 20.8 Å². The Balaban J connectivity index is 4.56. The van der Waals surface area contributed by atoms with Gasteiger partial charge in [0.15, 0.2) is 0 Å². The Bertz CT molecular complexity index is 303. The highest BCUT2D eigenvalue weighted by Crippen LogP contribution is 2.25. The van der Waals surface area contributed by atoms with Crippen LogP contribution in [0.1, 0.15) is 40.0 Å². The van der Waals surface area contributed by atoms with Gasteiger partial charge in [-0.3, -0.25) is 9.59 Å². The quantitative estimate of drug-likeness (QED) is 0.696. The van der Waals surface area contributed by atoms with Crippen LogP contribution in [0.4, 0.5) is 0 Å². The van der Waals surface area contributed by atoms with Crippen molar-refractivity contribution in [2.24, 2.45) is 11.1 Å². The molecule has 0 spiro atoms.